The summed E-state index contributed by atoms with van der Waals surface area (Å²) in [4.78, 5) is 10.1. The first kappa shape index (κ1) is 19.5. The van der Waals surface area contributed by atoms with Crippen LogP contribution in [0, 0.1) is 10.1 Å². The highest BCUT2D eigenvalue weighted by Gasteiger charge is 2.11. The van der Waals surface area contributed by atoms with Crippen molar-refractivity contribution < 1.29 is 23.5 Å². The van der Waals surface area contributed by atoms with Gasteiger partial charge in [-0.2, -0.15) is 8.78 Å². The van der Waals surface area contributed by atoms with E-state index in [4.69, 9.17) is 12.2 Å². The van der Waals surface area contributed by atoms with Gasteiger partial charge in [-0.1, -0.05) is 0 Å². The molecule has 2 rings (SSSR count). The van der Waals surface area contributed by atoms with Gasteiger partial charge in [0.05, 0.1) is 11.0 Å². The molecule has 1 unspecified atom stereocenters. The van der Waals surface area contributed by atoms with Gasteiger partial charge < -0.3 is 20.5 Å². The number of benzene rings is 2. The van der Waals surface area contributed by atoms with Crippen molar-refractivity contribution in [3.8, 4) is 5.75 Å². The molecular formula is C16H15F2N3O4S. The zero-order valence-electron chi connectivity index (χ0n) is 13.3. The van der Waals surface area contributed by atoms with Gasteiger partial charge in [-0.05, 0) is 54.2 Å². The van der Waals surface area contributed by atoms with Gasteiger partial charge in [0.1, 0.15) is 5.75 Å². The van der Waals surface area contributed by atoms with Crippen molar-refractivity contribution in [2.45, 2.75) is 12.7 Å². The van der Waals surface area contributed by atoms with Gasteiger partial charge in [0, 0.05) is 24.4 Å². The highest BCUT2D eigenvalue weighted by molar-refractivity contribution is 7.80. The first-order valence-electron chi connectivity index (χ1n) is 7.37. The first-order valence-corrected chi connectivity index (χ1v) is 7.78. The number of aliphatic hydroxyl groups excluding tert-OH is 1. The summed E-state index contributed by atoms with van der Waals surface area (Å²) in [5, 5.41) is 26.5. The Hall–Kier alpha value is -2.85. The molecule has 0 bridgehead atoms. The Bertz CT molecular complexity index is 757. The number of nitrogens with one attached hydrogen (secondary N) is 2. The number of aliphatic hydroxyl groups is 1. The molecular weight excluding hydrogens is 368 g/mol. The van der Waals surface area contributed by atoms with Crippen LogP contribution >= 0.6 is 12.2 Å². The zero-order chi connectivity index (χ0) is 19.1. The maximum absolute atomic E-state index is 12.1. The quantitative estimate of drug-likeness (QED) is 0.384. The largest absolute Gasteiger partial charge is 0.435 e. The molecule has 0 heterocycles. The number of hydrogen-bond acceptors (Lipinski definition) is 5. The Morgan fingerprint density at radius 3 is 2.35 bits per heavy atom. The van der Waals surface area contributed by atoms with Crippen molar-refractivity contribution in [1.29, 1.82) is 0 Å². The number of thiocarbonyl (C=S) groups is 1. The predicted octanol–water partition coefficient (Wildman–Crippen LogP) is 3.22. The second-order valence-electron chi connectivity index (χ2n) is 5.10. The van der Waals surface area contributed by atoms with Gasteiger partial charge in [0.25, 0.3) is 5.69 Å². The highest BCUT2D eigenvalue weighted by Crippen LogP contribution is 2.19. The standard InChI is InChI=1S/C16H15F2N3O4S/c17-15(18)25-13-7-3-11(4-8-13)20-16(26)19-9-14(22)10-1-5-12(6-2-10)21(23)24/h1-8,14-15,22H,9H2,(H2,19,20,26). The summed E-state index contributed by atoms with van der Waals surface area (Å²) in [6.45, 7) is -2.81. The molecule has 0 amide bonds. The lowest BCUT2D eigenvalue weighted by Gasteiger charge is -2.15. The molecule has 2 aromatic rings. The van der Waals surface area contributed by atoms with Crippen LogP contribution in [-0.4, -0.2) is 28.3 Å². The molecule has 0 aliphatic rings. The third kappa shape index (κ3) is 5.90. The molecule has 0 aliphatic carbocycles. The normalized spacial score (nSPS) is 11.7. The second-order valence-corrected chi connectivity index (χ2v) is 5.51. The van der Waals surface area contributed by atoms with Gasteiger partial charge in [-0.15, -0.1) is 0 Å². The van der Waals surface area contributed by atoms with E-state index < -0.39 is 17.6 Å². The van der Waals surface area contributed by atoms with Gasteiger partial charge in [0.15, 0.2) is 5.11 Å². The van der Waals surface area contributed by atoms with E-state index in [9.17, 15) is 24.0 Å². The van der Waals surface area contributed by atoms with Crippen molar-refractivity contribution in [3.05, 3.63) is 64.2 Å². The number of rotatable bonds is 7. The van der Waals surface area contributed by atoms with E-state index in [2.05, 4.69) is 15.4 Å². The van der Waals surface area contributed by atoms with E-state index in [1.54, 1.807) is 0 Å². The number of non-ortho nitro benzene ring substituents is 1. The summed E-state index contributed by atoms with van der Waals surface area (Å²) in [5.41, 5.74) is 0.985. The van der Waals surface area contributed by atoms with E-state index in [1.165, 1.54) is 48.5 Å². The molecule has 2 aromatic carbocycles. The van der Waals surface area contributed by atoms with E-state index in [0.717, 1.165) is 0 Å². The number of nitro benzene ring substituents is 1. The number of anilines is 1. The van der Waals surface area contributed by atoms with Gasteiger partial charge >= 0.3 is 6.61 Å². The first-order chi connectivity index (χ1) is 12.3. The second kappa shape index (κ2) is 9.02. The molecule has 0 spiro atoms. The number of alkyl halides is 2. The zero-order valence-corrected chi connectivity index (χ0v) is 14.1. The molecule has 0 saturated carbocycles. The SMILES string of the molecule is O=[N+]([O-])c1ccc(C(O)CNC(=S)Nc2ccc(OC(F)F)cc2)cc1. The minimum absolute atomic E-state index is 0.0259. The highest BCUT2D eigenvalue weighted by atomic mass is 32.1. The van der Waals surface area contributed by atoms with Crippen LogP contribution in [0.5, 0.6) is 5.75 Å². The molecule has 10 heteroatoms. The summed E-state index contributed by atoms with van der Waals surface area (Å²) < 4.78 is 28.4. The van der Waals surface area contributed by atoms with Crippen LogP contribution < -0.4 is 15.4 Å². The monoisotopic (exact) mass is 383 g/mol. The molecule has 0 aromatic heterocycles. The van der Waals surface area contributed by atoms with Crippen molar-refractivity contribution in [2.24, 2.45) is 0 Å². The van der Waals surface area contributed by atoms with Gasteiger partial charge in [-0.25, -0.2) is 0 Å². The summed E-state index contributed by atoms with van der Waals surface area (Å²) >= 11 is 5.09. The smallest absolute Gasteiger partial charge is 0.387 e. The third-order valence-corrected chi connectivity index (χ3v) is 3.53. The number of nitro groups is 1. The average Bonchev–Trinajstić information content (AvgIpc) is 2.61. The average molecular weight is 383 g/mol. The summed E-state index contributed by atoms with van der Waals surface area (Å²) in [6, 6.07) is 11.3. The molecule has 3 N–H and O–H groups in total. The predicted molar refractivity (Wildman–Crippen MR) is 95.4 cm³/mol. The van der Waals surface area contributed by atoms with Crippen LogP contribution in [0.15, 0.2) is 48.5 Å². The van der Waals surface area contributed by atoms with Crippen LogP contribution in [0.25, 0.3) is 0 Å². The Labute approximate surface area is 152 Å². The number of halogens is 2. The molecule has 7 nitrogen and oxygen atoms in total. The van der Waals surface area contributed by atoms with Crippen molar-refractivity contribution in [2.75, 3.05) is 11.9 Å². The van der Waals surface area contributed by atoms with E-state index in [0.29, 0.717) is 11.3 Å². The van der Waals surface area contributed by atoms with Crippen LogP contribution in [-0.2, 0) is 0 Å². The fourth-order valence-corrected chi connectivity index (χ4v) is 2.22. The lowest BCUT2D eigenvalue weighted by molar-refractivity contribution is -0.384. The minimum Gasteiger partial charge on any atom is -0.435 e. The molecule has 0 fully saturated rings. The van der Waals surface area contributed by atoms with Crippen molar-refractivity contribution >= 4 is 28.7 Å². The lowest BCUT2D eigenvalue weighted by Crippen LogP contribution is -2.32. The molecule has 0 aliphatic heterocycles. The fourth-order valence-electron chi connectivity index (χ4n) is 2.02. The fraction of sp³-hybridized carbons (Fsp3) is 0.188. The van der Waals surface area contributed by atoms with E-state index in [-0.39, 0.29) is 23.1 Å². The van der Waals surface area contributed by atoms with E-state index in [1.807, 2.05) is 0 Å². The van der Waals surface area contributed by atoms with Crippen LogP contribution in [0.1, 0.15) is 11.7 Å². The number of hydrogen-bond donors (Lipinski definition) is 3. The maximum atomic E-state index is 12.1. The summed E-state index contributed by atoms with van der Waals surface area (Å²) in [7, 11) is 0. The van der Waals surface area contributed by atoms with Crippen molar-refractivity contribution in [3.63, 3.8) is 0 Å². The molecule has 138 valence electrons. The minimum atomic E-state index is -2.89. The van der Waals surface area contributed by atoms with Crippen molar-refractivity contribution in [1.82, 2.24) is 5.32 Å². The van der Waals surface area contributed by atoms with Gasteiger partial charge in [0.2, 0.25) is 0 Å². The Kier molecular flexibility index (Phi) is 6.75. The van der Waals surface area contributed by atoms with Gasteiger partial charge in [-0.3, -0.25) is 10.1 Å². The topological polar surface area (TPSA) is 96.7 Å². The molecule has 0 saturated heterocycles. The summed E-state index contributed by atoms with van der Waals surface area (Å²) in [5.74, 6) is 0.0259. The maximum Gasteiger partial charge on any atom is 0.387 e. The third-order valence-electron chi connectivity index (χ3n) is 3.28. The van der Waals surface area contributed by atoms with Crippen LogP contribution in [0.2, 0.25) is 0 Å². The Balaban J connectivity index is 1.83. The molecule has 0 radical (unpaired) electrons. The van der Waals surface area contributed by atoms with Crippen LogP contribution in [0.3, 0.4) is 0 Å². The summed E-state index contributed by atoms with van der Waals surface area (Å²) in [6.07, 6.45) is -0.919. The molecule has 26 heavy (non-hydrogen) atoms. The Morgan fingerprint density at radius 1 is 1.19 bits per heavy atom. The van der Waals surface area contributed by atoms with E-state index >= 15 is 0 Å². The molecule has 1 atom stereocenters. The van der Waals surface area contributed by atoms with Crippen LogP contribution in [0.4, 0.5) is 20.2 Å². The Morgan fingerprint density at radius 2 is 1.81 bits per heavy atom. The lowest BCUT2D eigenvalue weighted by atomic mass is 10.1. The number of ether oxygens (including phenoxy) is 1. The number of nitrogens with zero attached hydrogens (tertiary/aromatic N) is 1.